The first-order valence-electron chi connectivity index (χ1n) is 7.68. The highest BCUT2D eigenvalue weighted by molar-refractivity contribution is 7.89. The Morgan fingerprint density at radius 1 is 1.11 bits per heavy atom. The molecule has 0 aromatic heterocycles. The van der Waals surface area contributed by atoms with Gasteiger partial charge in [-0.05, 0) is 35.5 Å². The summed E-state index contributed by atoms with van der Waals surface area (Å²) >= 11 is 12.0. The largest absolute Gasteiger partial charge is 0.454 e. The van der Waals surface area contributed by atoms with Crippen LogP contribution < -0.4 is 10.1 Å². The molecule has 1 aliphatic heterocycles. The SMILES string of the molecule is O=Nc1ccc(Oc2cc(Cl)ccc2Cl)c(S(=O)(=O)N2CCNC(=O)C2)c1. The molecule has 0 radical (unpaired) electrons. The summed E-state index contributed by atoms with van der Waals surface area (Å²) in [6, 6.07) is 8.18. The van der Waals surface area contributed by atoms with Crippen LogP contribution in [0.15, 0.2) is 46.5 Å². The molecular formula is C16H13Cl2N3O5S. The summed E-state index contributed by atoms with van der Waals surface area (Å²) in [6.45, 7) is -0.0668. The third-order valence-electron chi connectivity index (χ3n) is 3.77. The lowest BCUT2D eigenvalue weighted by molar-refractivity contribution is -0.122. The van der Waals surface area contributed by atoms with Crippen LogP contribution in [0.3, 0.4) is 0 Å². The number of hydrogen-bond acceptors (Lipinski definition) is 6. The molecule has 2 aromatic rings. The third kappa shape index (κ3) is 4.22. The Kier molecular flexibility index (Phi) is 5.66. The Morgan fingerprint density at radius 2 is 1.89 bits per heavy atom. The van der Waals surface area contributed by atoms with Crippen molar-refractivity contribution in [3.8, 4) is 11.5 Å². The highest BCUT2D eigenvalue weighted by atomic mass is 35.5. The van der Waals surface area contributed by atoms with E-state index in [0.717, 1.165) is 10.4 Å². The van der Waals surface area contributed by atoms with Gasteiger partial charge in [0.2, 0.25) is 15.9 Å². The highest BCUT2D eigenvalue weighted by Crippen LogP contribution is 2.37. The number of carbonyl (C=O) groups excluding carboxylic acids is 1. The van der Waals surface area contributed by atoms with Gasteiger partial charge in [0, 0.05) is 24.2 Å². The summed E-state index contributed by atoms with van der Waals surface area (Å²) in [6.07, 6.45) is 0. The number of halogens is 2. The Labute approximate surface area is 165 Å². The van der Waals surface area contributed by atoms with Crippen molar-refractivity contribution >= 4 is 44.8 Å². The minimum atomic E-state index is -4.13. The van der Waals surface area contributed by atoms with Crippen molar-refractivity contribution in [2.24, 2.45) is 5.18 Å². The van der Waals surface area contributed by atoms with Gasteiger partial charge in [-0.15, -0.1) is 4.91 Å². The van der Waals surface area contributed by atoms with Gasteiger partial charge in [0.25, 0.3) is 0 Å². The van der Waals surface area contributed by atoms with Gasteiger partial charge < -0.3 is 10.1 Å². The fraction of sp³-hybridized carbons (Fsp3) is 0.188. The van der Waals surface area contributed by atoms with E-state index in [1.165, 1.54) is 24.3 Å². The maximum absolute atomic E-state index is 13.0. The summed E-state index contributed by atoms with van der Waals surface area (Å²) in [5.74, 6) is -0.351. The van der Waals surface area contributed by atoms with Crippen LogP contribution in [0.2, 0.25) is 10.0 Å². The topological polar surface area (TPSA) is 105 Å². The van der Waals surface area contributed by atoms with Gasteiger partial charge in [-0.25, -0.2) is 8.42 Å². The van der Waals surface area contributed by atoms with Crippen LogP contribution in [-0.2, 0) is 14.8 Å². The van der Waals surface area contributed by atoms with Crippen LogP contribution in [0.1, 0.15) is 0 Å². The van der Waals surface area contributed by atoms with Gasteiger partial charge in [0.05, 0.1) is 11.6 Å². The quantitative estimate of drug-likeness (QED) is 0.733. The van der Waals surface area contributed by atoms with E-state index in [0.29, 0.717) is 5.02 Å². The number of nitrogens with one attached hydrogen (secondary N) is 1. The number of rotatable bonds is 5. The lowest BCUT2D eigenvalue weighted by Gasteiger charge is -2.26. The molecule has 142 valence electrons. The monoisotopic (exact) mass is 429 g/mol. The first-order chi connectivity index (χ1) is 12.8. The lowest BCUT2D eigenvalue weighted by atomic mass is 10.3. The van der Waals surface area contributed by atoms with E-state index in [9.17, 15) is 18.1 Å². The summed E-state index contributed by atoms with van der Waals surface area (Å²) < 4.78 is 32.7. The standard InChI is InChI=1S/C16H13Cl2N3O5S/c17-10-1-3-12(18)14(7-10)26-13-4-2-11(20-23)8-15(13)27(24,25)21-6-5-19-16(22)9-21/h1-4,7-8H,5-6,9H2,(H,19,22). The molecular weight excluding hydrogens is 417 g/mol. The number of carbonyl (C=O) groups is 1. The fourth-order valence-electron chi connectivity index (χ4n) is 2.47. The van der Waals surface area contributed by atoms with Crippen molar-refractivity contribution in [3.63, 3.8) is 0 Å². The van der Waals surface area contributed by atoms with Gasteiger partial charge >= 0.3 is 0 Å². The Morgan fingerprint density at radius 3 is 2.59 bits per heavy atom. The van der Waals surface area contributed by atoms with E-state index in [4.69, 9.17) is 27.9 Å². The first kappa shape index (κ1) is 19.6. The molecule has 1 fully saturated rings. The smallest absolute Gasteiger partial charge is 0.247 e. The van der Waals surface area contributed by atoms with Crippen LogP contribution in [0, 0.1) is 4.91 Å². The molecule has 27 heavy (non-hydrogen) atoms. The van der Waals surface area contributed by atoms with Crippen molar-refractivity contribution in [2.75, 3.05) is 19.6 Å². The van der Waals surface area contributed by atoms with Crippen LogP contribution in [0.5, 0.6) is 11.5 Å². The average Bonchev–Trinajstić information content (AvgIpc) is 2.65. The van der Waals surface area contributed by atoms with Crippen molar-refractivity contribution < 1.29 is 17.9 Å². The molecule has 11 heteroatoms. The molecule has 0 atom stereocenters. The van der Waals surface area contributed by atoms with Crippen molar-refractivity contribution in [2.45, 2.75) is 4.90 Å². The molecule has 0 unspecified atom stereocenters. The summed E-state index contributed by atoms with van der Waals surface area (Å²) in [7, 11) is -4.13. The second-order valence-corrected chi connectivity index (χ2v) is 8.34. The molecule has 2 aromatic carbocycles. The minimum absolute atomic E-state index is 0.0717. The van der Waals surface area contributed by atoms with Crippen molar-refractivity contribution in [1.29, 1.82) is 0 Å². The molecule has 8 nitrogen and oxygen atoms in total. The highest BCUT2D eigenvalue weighted by Gasteiger charge is 2.32. The van der Waals surface area contributed by atoms with Crippen molar-refractivity contribution in [1.82, 2.24) is 9.62 Å². The second kappa shape index (κ2) is 7.81. The maximum Gasteiger partial charge on any atom is 0.247 e. The van der Waals surface area contributed by atoms with Gasteiger partial charge in [0.15, 0.2) is 0 Å². The molecule has 1 saturated heterocycles. The van der Waals surface area contributed by atoms with Gasteiger partial charge in [-0.2, -0.15) is 4.31 Å². The normalized spacial score (nSPS) is 15.3. The van der Waals surface area contributed by atoms with Crippen molar-refractivity contribution in [3.05, 3.63) is 51.4 Å². The van der Waals surface area contributed by atoms with E-state index in [1.54, 1.807) is 6.07 Å². The molecule has 1 aliphatic rings. The molecule has 1 heterocycles. The Hall–Kier alpha value is -2.20. The number of amides is 1. The predicted molar refractivity (Wildman–Crippen MR) is 100 cm³/mol. The zero-order valence-corrected chi connectivity index (χ0v) is 16.0. The Bertz CT molecular complexity index is 1010. The average molecular weight is 430 g/mol. The fourth-order valence-corrected chi connectivity index (χ4v) is 4.32. The molecule has 0 spiro atoms. The molecule has 0 saturated carbocycles. The zero-order valence-electron chi connectivity index (χ0n) is 13.7. The molecule has 0 bridgehead atoms. The van der Waals surface area contributed by atoms with Gasteiger partial charge in [0.1, 0.15) is 22.1 Å². The molecule has 1 amide bonds. The predicted octanol–water partition coefficient (Wildman–Crippen LogP) is 3.30. The van der Waals surface area contributed by atoms with Crippen LogP contribution in [-0.4, -0.2) is 38.3 Å². The number of ether oxygens (including phenoxy) is 1. The summed E-state index contributed by atoms with van der Waals surface area (Å²) in [5.41, 5.74) is -0.0976. The van der Waals surface area contributed by atoms with E-state index >= 15 is 0 Å². The minimum Gasteiger partial charge on any atom is -0.454 e. The van der Waals surface area contributed by atoms with E-state index in [2.05, 4.69) is 10.5 Å². The number of benzene rings is 2. The second-order valence-electron chi connectivity index (χ2n) is 5.59. The third-order valence-corrected chi connectivity index (χ3v) is 6.18. The van der Waals surface area contributed by atoms with Crippen LogP contribution >= 0.6 is 23.2 Å². The van der Waals surface area contributed by atoms with Gasteiger partial charge in [-0.1, -0.05) is 23.2 Å². The number of hydrogen-bond donors (Lipinski definition) is 1. The van der Waals surface area contributed by atoms with E-state index in [-0.39, 0.29) is 46.7 Å². The zero-order chi connectivity index (χ0) is 19.6. The number of sulfonamides is 1. The summed E-state index contributed by atoms with van der Waals surface area (Å²) in [4.78, 5) is 22.2. The lowest BCUT2D eigenvalue weighted by Crippen LogP contribution is -2.49. The number of nitrogens with zero attached hydrogens (tertiary/aromatic N) is 2. The molecule has 3 rings (SSSR count). The van der Waals surface area contributed by atoms with Gasteiger partial charge in [-0.3, -0.25) is 4.79 Å². The van der Waals surface area contributed by atoms with Crippen LogP contribution in [0.4, 0.5) is 5.69 Å². The van der Waals surface area contributed by atoms with E-state index in [1.807, 2.05) is 0 Å². The number of piperazine rings is 1. The molecule has 1 N–H and O–H groups in total. The maximum atomic E-state index is 13.0. The molecule has 0 aliphatic carbocycles. The first-order valence-corrected chi connectivity index (χ1v) is 9.88. The van der Waals surface area contributed by atoms with Crippen LogP contribution in [0.25, 0.3) is 0 Å². The Balaban J connectivity index is 2.06. The number of nitroso groups, excluding NO2 is 1. The van der Waals surface area contributed by atoms with E-state index < -0.39 is 15.9 Å². The summed E-state index contributed by atoms with van der Waals surface area (Å²) in [5, 5.41) is 5.88.